The average Bonchev–Trinajstić information content (AvgIpc) is 2.40. The van der Waals surface area contributed by atoms with Gasteiger partial charge < -0.3 is 15.4 Å². The van der Waals surface area contributed by atoms with E-state index in [1.54, 1.807) is 0 Å². The van der Waals surface area contributed by atoms with Gasteiger partial charge in [-0.15, -0.1) is 25.6 Å². The predicted molar refractivity (Wildman–Crippen MR) is 74.6 cm³/mol. The Morgan fingerprint density at radius 3 is 2.67 bits per heavy atom. The lowest BCUT2D eigenvalue weighted by atomic mass is 9.99. The minimum absolute atomic E-state index is 0. The van der Waals surface area contributed by atoms with Crippen LogP contribution in [-0.4, -0.2) is 25.4 Å². The van der Waals surface area contributed by atoms with Gasteiger partial charge in [0.15, 0.2) is 5.75 Å². The monoisotopic (exact) mass is 324 g/mol. The largest absolute Gasteiger partial charge is 0.573 e. The Kier molecular flexibility index (Phi) is 6.29. The lowest BCUT2D eigenvalue weighted by molar-refractivity contribution is -0.274. The van der Waals surface area contributed by atoms with Crippen molar-refractivity contribution < 1.29 is 22.7 Å². The third-order valence-corrected chi connectivity index (χ3v) is 3.04. The molecule has 1 saturated heterocycles. The SMILES string of the molecule is Cl.O=C(Nc1ccccc1OC(F)(F)F)C1CCCNC1. The van der Waals surface area contributed by atoms with Crippen molar-refractivity contribution in [3.05, 3.63) is 24.3 Å². The van der Waals surface area contributed by atoms with Crippen molar-refractivity contribution in [2.24, 2.45) is 5.92 Å². The zero-order valence-electron chi connectivity index (χ0n) is 11.1. The standard InChI is InChI=1S/C13H15F3N2O2.ClH/c14-13(15,16)20-11-6-2-1-5-10(11)18-12(19)9-4-3-7-17-8-9;/h1-2,5-6,9,17H,3-4,7-8H2,(H,18,19);1H. The quantitative estimate of drug-likeness (QED) is 0.899. The number of ether oxygens (including phenoxy) is 1. The van der Waals surface area contributed by atoms with Gasteiger partial charge in [-0.05, 0) is 31.5 Å². The van der Waals surface area contributed by atoms with Crippen molar-refractivity contribution in [1.82, 2.24) is 5.32 Å². The smallest absolute Gasteiger partial charge is 0.404 e. The summed E-state index contributed by atoms with van der Waals surface area (Å²) in [4.78, 5) is 12.0. The molecule has 118 valence electrons. The summed E-state index contributed by atoms with van der Waals surface area (Å²) in [7, 11) is 0. The predicted octanol–water partition coefficient (Wildman–Crippen LogP) is 2.95. The molecule has 1 aliphatic heterocycles. The molecule has 1 fully saturated rings. The molecule has 1 heterocycles. The first-order valence-electron chi connectivity index (χ1n) is 6.32. The zero-order valence-corrected chi connectivity index (χ0v) is 11.9. The number of carbonyl (C=O) groups excluding carboxylic acids is 1. The summed E-state index contributed by atoms with van der Waals surface area (Å²) in [5, 5.41) is 5.58. The van der Waals surface area contributed by atoms with E-state index in [0.29, 0.717) is 6.54 Å². The number of anilines is 1. The number of para-hydroxylation sites is 2. The molecule has 2 N–H and O–H groups in total. The third kappa shape index (κ3) is 5.43. The van der Waals surface area contributed by atoms with Gasteiger partial charge in [0, 0.05) is 6.54 Å². The number of benzene rings is 1. The fourth-order valence-electron chi connectivity index (χ4n) is 2.09. The molecule has 2 rings (SSSR count). The number of rotatable bonds is 3. The van der Waals surface area contributed by atoms with Gasteiger partial charge in [-0.25, -0.2) is 0 Å². The first kappa shape index (κ1) is 17.6. The van der Waals surface area contributed by atoms with Crippen LogP contribution in [0.25, 0.3) is 0 Å². The Labute approximate surface area is 126 Å². The maximum atomic E-state index is 12.3. The van der Waals surface area contributed by atoms with Crippen LogP contribution in [0, 0.1) is 5.92 Å². The highest BCUT2D eigenvalue weighted by Crippen LogP contribution is 2.30. The van der Waals surface area contributed by atoms with Gasteiger partial charge >= 0.3 is 6.36 Å². The van der Waals surface area contributed by atoms with E-state index in [0.717, 1.165) is 19.4 Å². The van der Waals surface area contributed by atoms with Gasteiger partial charge in [0.05, 0.1) is 11.6 Å². The van der Waals surface area contributed by atoms with Crippen LogP contribution < -0.4 is 15.4 Å². The lowest BCUT2D eigenvalue weighted by Gasteiger charge is -2.22. The fraction of sp³-hybridized carbons (Fsp3) is 0.462. The summed E-state index contributed by atoms with van der Waals surface area (Å²) in [5.41, 5.74) is 0.0281. The second-order valence-electron chi connectivity index (χ2n) is 4.58. The Morgan fingerprint density at radius 1 is 1.33 bits per heavy atom. The van der Waals surface area contributed by atoms with E-state index in [9.17, 15) is 18.0 Å². The van der Waals surface area contributed by atoms with E-state index in [1.807, 2.05) is 0 Å². The molecule has 1 amide bonds. The topological polar surface area (TPSA) is 50.4 Å². The van der Waals surface area contributed by atoms with Crippen molar-refractivity contribution in [1.29, 1.82) is 0 Å². The lowest BCUT2D eigenvalue weighted by Crippen LogP contribution is -2.37. The van der Waals surface area contributed by atoms with Crippen LogP contribution >= 0.6 is 12.4 Å². The molecule has 0 bridgehead atoms. The van der Waals surface area contributed by atoms with E-state index < -0.39 is 12.1 Å². The van der Waals surface area contributed by atoms with Gasteiger partial charge in [-0.3, -0.25) is 4.79 Å². The molecule has 1 unspecified atom stereocenters. The van der Waals surface area contributed by atoms with E-state index >= 15 is 0 Å². The first-order chi connectivity index (χ1) is 9.46. The van der Waals surface area contributed by atoms with Crippen molar-refractivity contribution >= 4 is 24.0 Å². The second-order valence-corrected chi connectivity index (χ2v) is 4.58. The molecule has 8 heteroatoms. The Hall–Kier alpha value is -1.47. The number of amides is 1. The minimum Gasteiger partial charge on any atom is -0.404 e. The number of hydrogen-bond donors (Lipinski definition) is 2. The maximum Gasteiger partial charge on any atom is 0.573 e. The third-order valence-electron chi connectivity index (χ3n) is 3.04. The molecule has 21 heavy (non-hydrogen) atoms. The minimum atomic E-state index is -4.78. The van der Waals surface area contributed by atoms with Crippen molar-refractivity contribution in [3.8, 4) is 5.75 Å². The molecule has 1 atom stereocenters. The molecule has 1 aromatic carbocycles. The molecule has 4 nitrogen and oxygen atoms in total. The number of alkyl halides is 3. The van der Waals surface area contributed by atoms with Crippen molar-refractivity contribution in [3.63, 3.8) is 0 Å². The summed E-state index contributed by atoms with van der Waals surface area (Å²) in [6.07, 6.45) is -3.19. The molecule has 0 radical (unpaired) electrons. The van der Waals surface area contributed by atoms with Gasteiger partial charge in [-0.2, -0.15) is 0 Å². The highest BCUT2D eigenvalue weighted by atomic mass is 35.5. The molecule has 1 aliphatic rings. The molecular weight excluding hydrogens is 309 g/mol. The fourth-order valence-corrected chi connectivity index (χ4v) is 2.09. The molecule has 1 aromatic rings. The number of hydrogen-bond acceptors (Lipinski definition) is 3. The van der Waals surface area contributed by atoms with Gasteiger partial charge in [0.1, 0.15) is 0 Å². The summed E-state index contributed by atoms with van der Waals surface area (Å²) in [6, 6.07) is 5.51. The van der Waals surface area contributed by atoms with Crippen LogP contribution in [0.1, 0.15) is 12.8 Å². The maximum absolute atomic E-state index is 12.3. The summed E-state index contributed by atoms with van der Waals surface area (Å²) >= 11 is 0. The van der Waals surface area contributed by atoms with Crippen LogP contribution in [0.4, 0.5) is 18.9 Å². The van der Waals surface area contributed by atoms with E-state index in [2.05, 4.69) is 15.4 Å². The van der Waals surface area contributed by atoms with E-state index in [-0.39, 0.29) is 29.9 Å². The number of nitrogens with one attached hydrogen (secondary N) is 2. The Balaban J connectivity index is 0.00000220. The zero-order chi connectivity index (χ0) is 14.6. The summed E-state index contributed by atoms with van der Waals surface area (Å²) in [5.74, 6) is -0.935. The van der Waals surface area contributed by atoms with Gasteiger partial charge in [-0.1, -0.05) is 12.1 Å². The highest BCUT2D eigenvalue weighted by Gasteiger charge is 2.32. The number of piperidine rings is 1. The van der Waals surface area contributed by atoms with Crippen molar-refractivity contribution in [2.75, 3.05) is 18.4 Å². The van der Waals surface area contributed by atoms with Crippen LogP contribution in [0.2, 0.25) is 0 Å². The normalized spacial score (nSPS) is 18.5. The first-order valence-corrected chi connectivity index (χ1v) is 6.32. The summed E-state index contributed by atoms with van der Waals surface area (Å²) < 4.78 is 40.7. The Morgan fingerprint density at radius 2 is 2.05 bits per heavy atom. The van der Waals surface area contributed by atoms with Crippen LogP contribution in [0.5, 0.6) is 5.75 Å². The van der Waals surface area contributed by atoms with Crippen LogP contribution in [0.3, 0.4) is 0 Å². The number of carbonyl (C=O) groups is 1. The van der Waals surface area contributed by atoms with Gasteiger partial charge in [0.25, 0.3) is 0 Å². The average molecular weight is 325 g/mol. The van der Waals surface area contributed by atoms with E-state index in [4.69, 9.17) is 0 Å². The van der Waals surface area contributed by atoms with E-state index in [1.165, 1.54) is 24.3 Å². The molecule has 0 aliphatic carbocycles. The second kappa shape index (κ2) is 7.51. The van der Waals surface area contributed by atoms with Crippen LogP contribution in [-0.2, 0) is 4.79 Å². The number of halogens is 4. The molecular formula is C13H16ClF3N2O2. The molecule has 0 spiro atoms. The molecule has 0 saturated carbocycles. The summed E-state index contributed by atoms with van der Waals surface area (Å²) in [6.45, 7) is 1.39. The molecule has 0 aromatic heterocycles. The van der Waals surface area contributed by atoms with Gasteiger partial charge in [0.2, 0.25) is 5.91 Å². The highest BCUT2D eigenvalue weighted by molar-refractivity contribution is 5.94. The van der Waals surface area contributed by atoms with Crippen molar-refractivity contribution in [2.45, 2.75) is 19.2 Å². The Bertz CT molecular complexity index is 477. The van der Waals surface area contributed by atoms with Crippen LogP contribution in [0.15, 0.2) is 24.3 Å².